The van der Waals surface area contributed by atoms with Crippen molar-refractivity contribution in [3.63, 3.8) is 0 Å². The lowest BCUT2D eigenvalue weighted by molar-refractivity contribution is 0.0743. The molecule has 2 heterocycles. The van der Waals surface area contributed by atoms with Crippen LogP contribution in [0.5, 0.6) is 0 Å². The lowest BCUT2D eigenvalue weighted by atomic mass is 10.2. The zero-order valence-corrected chi connectivity index (χ0v) is 12.7. The van der Waals surface area contributed by atoms with Crippen LogP contribution in [0.2, 0.25) is 0 Å². The summed E-state index contributed by atoms with van der Waals surface area (Å²) in [6, 6.07) is 0.475. The first-order valence-corrected chi connectivity index (χ1v) is 7.56. The van der Waals surface area contributed by atoms with Crippen molar-refractivity contribution in [1.82, 2.24) is 25.0 Å². The van der Waals surface area contributed by atoms with Gasteiger partial charge in [0.1, 0.15) is 5.82 Å². The fourth-order valence-electron chi connectivity index (χ4n) is 2.83. The SMILES string of the molecule is CCCc1nc(C(=O)N(C)CC2CCCN2CC)n[nH]1. The molecule has 1 N–H and O–H groups in total. The lowest BCUT2D eigenvalue weighted by Gasteiger charge is -2.27. The zero-order valence-electron chi connectivity index (χ0n) is 12.7. The van der Waals surface area contributed by atoms with Gasteiger partial charge < -0.3 is 4.90 Å². The Morgan fingerprint density at radius 2 is 2.30 bits per heavy atom. The number of aromatic amines is 1. The average molecular weight is 279 g/mol. The van der Waals surface area contributed by atoms with E-state index in [4.69, 9.17) is 0 Å². The zero-order chi connectivity index (χ0) is 14.5. The molecule has 6 heteroatoms. The number of hydrogen-bond acceptors (Lipinski definition) is 4. The second-order valence-electron chi connectivity index (χ2n) is 5.47. The molecule has 0 spiro atoms. The Morgan fingerprint density at radius 3 is 3.00 bits per heavy atom. The normalized spacial score (nSPS) is 19.4. The second-order valence-corrected chi connectivity index (χ2v) is 5.47. The molecule has 1 aliphatic rings. The van der Waals surface area contributed by atoms with Crippen molar-refractivity contribution in [2.45, 2.75) is 45.6 Å². The molecule has 1 atom stereocenters. The van der Waals surface area contributed by atoms with Gasteiger partial charge in [-0.3, -0.25) is 14.8 Å². The number of nitrogens with one attached hydrogen (secondary N) is 1. The maximum atomic E-state index is 12.3. The van der Waals surface area contributed by atoms with Gasteiger partial charge in [0.15, 0.2) is 0 Å². The highest BCUT2D eigenvalue weighted by Crippen LogP contribution is 2.17. The Morgan fingerprint density at radius 1 is 1.50 bits per heavy atom. The van der Waals surface area contributed by atoms with Crippen molar-refractivity contribution in [1.29, 1.82) is 0 Å². The maximum absolute atomic E-state index is 12.3. The lowest BCUT2D eigenvalue weighted by Crippen LogP contribution is -2.41. The van der Waals surface area contributed by atoms with Gasteiger partial charge in [-0.1, -0.05) is 13.8 Å². The second kappa shape index (κ2) is 6.83. The van der Waals surface area contributed by atoms with Crippen LogP contribution in [0.4, 0.5) is 0 Å². The van der Waals surface area contributed by atoms with E-state index in [0.717, 1.165) is 38.3 Å². The van der Waals surface area contributed by atoms with Gasteiger partial charge in [-0.2, -0.15) is 0 Å². The van der Waals surface area contributed by atoms with Crippen LogP contribution < -0.4 is 0 Å². The first-order valence-electron chi connectivity index (χ1n) is 7.56. The summed E-state index contributed by atoms with van der Waals surface area (Å²) >= 11 is 0. The van der Waals surface area contributed by atoms with E-state index in [1.165, 1.54) is 12.8 Å². The van der Waals surface area contributed by atoms with Gasteiger partial charge in [-0.25, -0.2) is 4.98 Å². The third-order valence-electron chi connectivity index (χ3n) is 3.95. The topological polar surface area (TPSA) is 65.1 Å². The number of hydrogen-bond donors (Lipinski definition) is 1. The van der Waals surface area contributed by atoms with Crippen molar-refractivity contribution < 1.29 is 4.79 Å². The minimum absolute atomic E-state index is 0.0912. The number of rotatable bonds is 6. The van der Waals surface area contributed by atoms with Gasteiger partial charge >= 0.3 is 0 Å². The quantitative estimate of drug-likeness (QED) is 0.853. The highest BCUT2D eigenvalue weighted by atomic mass is 16.2. The monoisotopic (exact) mass is 279 g/mol. The van der Waals surface area contributed by atoms with Crippen LogP contribution in [0.3, 0.4) is 0 Å². The predicted molar refractivity (Wildman–Crippen MR) is 77.6 cm³/mol. The summed E-state index contributed by atoms with van der Waals surface area (Å²) in [5.74, 6) is 0.990. The third kappa shape index (κ3) is 3.36. The molecule has 1 aliphatic heterocycles. The van der Waals surface area contributed by atoms with Gasteiger partial charge in [-0.05, 0) is 32.4 Å². The van der Waals surface area contributed by atoms with Crippen LogP contribution in [0.1, 0.15) is 49.6 Å². The molecule has 1 aromatic rings. The molecule has 1 saturated heterocycles. The molecule has 1 aromatic heterocycles. The standard InChI is InChI=1S/C14H25N5O/c1-4-7-12-15-13(17-16-12)14(20)18(3)10-11-8-6-9-19(11)5-2/h11H,4-10H2,1-3H3,(H,15,16,17). The summed E-state index contributed by atoms with van der Waals surface area (Å²) in [6.45, 7) is 7.20. The third-order valence-corrected chi connectivity index (χ3v) is 3.95. The molecule has 2 rings (SSSR count). The molecule has 0 aromatic carbocycles. The first kappa shape index (κ1) is 15.0. The van der Waals surface area contributed by atoms with E-state index in [2.05, 4.69) is 33.9 Å². The number of likely N-dealkylation sites (N-methyl/N-ethyl adjacent to an activating group) is 2. The molecule has 1 fully saturated rings. The number of H-pyrrole nitrogens is 1. The van der Waals surface area contributed by atoms with Crippen LogP contribution in [0.25, 0.3) is 0 Å². The van der Waals surface area contributed by atoms with E-state index in [9.17, 15) is 4.79 Å². The van der Waals surface area contributed by atoms with E-state index < -0.39 is 0 Å². The number of aromatic nitrogens is 3. The van der Waals surface area contributed by atoms with E-state index in [1.807, 2.05) is 7.05 Å². The van der Waals surface area contributed by atoms with E-state index in [-0.39, 0.29) is 11.7 Å². The number of carbonyl (C=O) groups is 1. The number of aryl methyl sites for hydroxylation is 1. The molecule has 6 nitrogen and oxygen atoms in total. The van der Waals surface area contributed by atoms with Gasteiger partial charge in [-0.15, -0.1) is 5.10 Å². The first-order chi connectivity index (χ1) is 9.65. The molecule has 0 bridgehead atoms. The summed E-state index contributed by atoms with van der Waals surface area (Å²) in [6.07, 6.45) is 4.21. The molecule has 112 valence electrons. The van der Waals surface area contributed by atoms with E-state index in [0.29, 0.717) is 6.04 Å². The van der Waals surface area contributed by atoms with Crippen LogP contribution in [-0.4, -0.2) is 63.6 Å². The molecule has 1 amide bonds. The average Bonchev–Trinajstić information content (AvgIpc) is 3.07. The van der Waals surface area contributed by atoms with Crippen molar-refractivity contribution in [3.8, 4) is 0 Å². The van der Waals surface area contributed by atoms with Gasteiger partial charge in [0.05, 0.1) is 0 Å². The van der Waals surface area contributed by atoms with E-state index >= 15 is 0 Å². The maximum Gasteiger partial charge on any atom is 0.293 e. The van der Waals surface area contributed by atoms with Crippen LogP contribution >= 0.6 is 0 Å². The van der Waals surface area contributed by atoms with Gasteiger partial charge in [0, 0.05) is 26.1 Å². The number of likely N-dealkylation sites (tertiary alicyclic amines) is 1. The highest BCUT2D eigenvalue weighted by Gasteiger charge is 2.27. The van der Waals surface area contributed by atoms with Crippen molar-refractivity contribution in [3.05, 3.63) is 11.6 Å². The summed E-state index contributed by atoms with van der Waals surface area (Å²) in [4.78, 5) is 20.8. The summed E-state index contributed by atoms with van der Waals surface area (Å²) in [7, 11) is 1.84. The molecular weight excluding hydrogens is 254 g/mol. The molecular formula is C14H25N5O. The Bertz CT molecular complexity index is 445. The van der Waals surface area contributed by atoms with Crippen molar-refractivity contribution in [2.75, 3.05) is 26.7 Å². The molecule has 0 saturated carbocycles. The fourth-order valence-corrected chi connectivity index (χ4v) is 2.83. The number of nitrogens with zero attached hydrogens (tertiary/aromatic N) is 4. The minimum atomic E-state index is -0.0912. The molecule has 0 radical (unpaired) electrons. The van der Waals surface area contributed by atoms with E-state index in [1.54, 1.807) is 4.90 Å². The van der Waals surface area contributed by atoms with Crippen molar-refractivity contribution >= 4 is 5.91 Å². The smallest absolute Gasteiger partial charge is 0.293 e. The fraction of sp³-hybridized carbons (Fsp3) is 0.786. The van der Waals surface area contributed by atoms with Crippen LogP contribution in [-0.2, 0) is 6.42 Å². The number of amides is 1. The predicted octanol–water partition coefficient (Wildman–Crippen LogP) is 1.31. The number of carbonyl (C=O) groups excluding carboxylic acids is 1. The summed E-state index contributed by atoms with van der Waals surface area (Å²) < 4.78 is 0. The van der Waals surface area contributed by atoms with Gasteiger partial charge in [0.2, 0.25) is 5.82 Å². The Balaban J connectivity index is 1.93. The largest absolute Gasteiger partial charge is 0.337 e. The Hall–Kier alpha value is -1.43. The molecule has 1 unspecified atom stereocenters. The molecule has 20 heavy (non-hydrogen) atoms. The van der Waals surface area contributed by atoms with Crippen LogP contribution in [0, 0.1) is 0 Å². The minimum Gasteiger partial charge on any atom is -0.337 e. The van der Waals surface area contributed by atoms with Crippen LogP contribution in [0.15, 0.2) is 0 Å². The van der Waals surface area contributed by atoms with Crippen molar-refractivity contribution in [2.24, 2.45) is 0 Å². The highest BCUT2D eigenvalue weighted by molar-refractivity contribution is 5.90. The summed E-state index contributed by atoms with van der Waals surface area (Å²) in [5.41, 5.74) is 0. The summed E-state index contributed by atoms with van der Waals surface area (Å²) in [5, 5.41) is 6.87. The molecule has 0 aliphatic carbocycles. The Labute approximate surface area is 120 Å². The Kier molecular flexibility index (Phi) is 5.11. The van der Waals surface area contributed by atoms with Gasteiger partial charge in [0.25, 0.3) is 5.91 Å².